The lowest BCUT2D eigenvalue weighted by atomic mass is 10.0. The summed E-state index contributed by atoms with van der Waals surface area (Å²) in [5, 5.41) is 1.54. The minimum Gasteiger partial charge on any atom is -0.453 e. The van der Waals surface area contributed by atoms with Gasteiger partial charge in [0.05, 0.1) is 6.04 Å². The summed E-state index contributed by atoms with van der Waals surface area (Å²) in [6.45, 7) is 4.90. The minimum atomic E-state index is -0.0615. The van der Waals surface area contributed by atoms with Crippen LogP contribution in [0.1, 0.15) is 10.6 Å². The lowest BCUT2D eigenvalue weighted by molar-refractivity contribution is 0.0146. The third-order valence-corrected chi connectivity index (χ3v) is 4.54. The topological polar surface area (TPSA) is 36.7 Å². The smallest absolute Gasteiger partial charge is 0.216 e. The zero-order chi connectivity index (χ0) is 13.7. The van der Waals surface area contributed by atoms with Crippen molar-refractivity contribution in [1.29, 1.82) is 0 Å². The van der Waals surface area contributed by atoms with Crippen molar-refractivity contribution in [3.8, 4) is 0 Å². The predicted molar refractivity (Wildman–Crippen MR) is 77.4 cm³/mol. The van der Waals surface area contributed by atoms with E-state index in [1.165, 1.54) is 0 Å². The standard InChI is InChI=1S/C15H15ClN2O2/c16-11-1-2-13-10(7-11)8-14(20-13)15(19)12-9-17-3-5-18(12)6-4-17/h1-2,7-8,12H,3-6,9H2. The monoisotopic (exact) mass is 290 g/mol. The van der Waals surface area contributed by atoms with Gasteiger partial charge >= 0.3 is 0 Å². The molecule has 104 valence electrons. The van der Waals surface area contributed by atoms with E-state index in [9.17, 15) is 4.79 Å². The van der Waals surface area contributed by atoms with Crippen LogP contribution >= 0.6 is 11.6 Å². The molecule has 5 heteroatoms. The van der Waals surface area contributed by atoms with E-state index >= 15 is 0 Å². The molecule has 2 aromatic rings. The van der Waals surface area contributed by atoms with Gasteiger partial charge < -0.3 is 4.42 Å². The maximum atomic E-state index is 12.6. The van der Waals surface area contributed by atoms with Crippen LogP contribution in [0.2, 0.25) is 5.02 Å². The predicted octanol–water partition coefficient (Wildman–Crippen LogP) is 2.27. The highest BCUT2D eigenvalue weighted by Gasteiger charge is 2.37. The molecule has 1 aromatic heterocycles. The molecule has 3 fully saturated rings. The van der Waals surface area contributed by atoms with Crippen LogP contribution in [0.3, 0.4) is 0 Å². The van der Waals surface area contributed by atoms with Gasteiger partial charge in [-0.25, -0.2) is 0 Å². The average molecular weight is 291 g/mol. The molecule has 4 nitrogen and oxygen atoms in total. The largest absolute Gasteiger partial charge is 0.453 e. The lowest BCUT2D eigenvalue weighted by Gasteiger charge is -2.46. The molecule has 0 spiro atoms. The Hall–Kier alpha value is -1.36. The summed E-state index contributed by atoms with van der Waals surface area (Å²) < 4.78 is 5.69. The van der Waals surface area contributed by atoms with E-state index in [1.807, 2.05) is 18.2 Å². The van der Waals surface area contributed by atoms with Gasteiger partial charge in [0, 0.05) is 43.1 Å². The number of hydrogen-bond donors (Lipinski definition) is 0. The van der Waals surface area contributed by atoms with Crippen molar-refractivity contribution >= 4 is 28.4 Å². The van der Waals surface area contributed by atoms with Crippen molar-refractivity contribution in [2.24, 2.45) is 0 Å². The normalized spacial score (nSPS) is 28.9. The molecule has 0 N–H and O–H groups in total. The van der Waals surface area contributed by atoms with Gasteiger partial charge in [0.25, 0.3) is 0 Å². The van der Waals surface area contributed by atoms with Crippen LogP contribution in [0.15, 0.2) is 28.7 Å². The molecule has 3 aliphatic heterocycles. The Morgan fingerprint density at radius 3 is 2.70 bits per heavy atom. The number of piperazine rings is 3. The van der Waals surface area contributed by atoms with Gasteiger partial charge in [0.2, 0.25) is 5.78 Å². The first-order valence-corrected chi connectivity index (χ1v) is 7.28. The highest BCUT2D eigenvalue weighted by Crippen LogP contribution is 2.26. The number of hydrogen-bond acceptors (Lipinski definition) is 4. The van der Waals surface area contributed by atoms with Gasteiger partial charge in [-0.05, 0) is 24.3 Å². The molecule has 1 atom stereocenters. The summed E-state index contributed by atoms with van der Waals surface area (Å²) in [4.78, 5) is 17.3. The highest BCUT2D eigenvalue weighted by atomic mass is 35.5. The molecule has 0 saturated carbocycles. The Bertz CT molecular complexity index is 674. The number of benzene rings is 1. The second-order valence-corrected chi connectivity index (χ2v) is 5.95. The molecular formula is C15H15ClN2O2. The number of carbonyl (C=O) groups excluding carboxylic acids is 1. The van der Waals surface area contributed by atoms with Crippen LogP contribution in [-0.4, -0.2) is 54.3 Å². The van der Waals surface area contributed by atoms with Crippen LogP contribution in [0.4, 0.5) is 0 Å². The third-order valence-electron chi connectivity index (χ3n) is 4.30. The SMILES string of the molecule is O=C(c1cc2cc(Cl)ccc2o1)C1CN2CCN1CC2. The van der Waals surface area contributed by atoms with Crippen LogP contribution in [0.5, 0.6) is 0 Å². The number of Topliss-reactive ketones (excluding diaryl/α,β-unsaturated/α-hetero) is 1. The highest BCUT2D eigenvalue weighted by molar-refractivity contribution is 6.31. The zero-order valence-electron chi connectivity index (χ0n) is 11.0. The summed E-state index contributed by atoms with van der Waals surface area (Å²) in [5.74, 6) is 0.530. The number of fused-ring (bicyclic) bond motifs is 4. The maximum Gasteiger partial charge on any atom is 0.216 e. The van der Waals surface area contributed by atoms with E-state index < -0.39 is 0 Å². The molecule has 3 saturated heterocycles. The van der Waals surface area contributed by atoms with E-state index in [4.69, 9.17) is 16.0 Å². The molecule has 0 amide bonds. The molecule has 0 radical (unpaired) electrons. The Morgan fingerprint density at radius 1 is 1.20 bits per heavy atom. The lowest BCUT2D eigenvalue weighted by Crippen LogP contribution is -2.63. The summed E-state index contributed by atoms with van der Waals surface area (Å²) >= 11 is 5.97. The Balaban J connectivity index is 1.66. The fourth-order valence-electron chi connectivity index (χ4n) is 3.17. The van der Waals surface area contributed by atoms with Gasteiger partial charge in [-0.15, -0.1) is 0 Å². The molecule has 1 aromatic carbocycles. The summed E-state index contributed by atoms with van der Waals surface area (Å²) in [6, 6.07) is 7.16. The first kappa shape index (κ1) is 12.4. The second-order valence-electron chi connectivity index (χ2n) is 5.51. The quantitative estimate of drug-likeness (QED) is 0.795. The number of halogens is 1. The van der Waals surface area contributed by atoms with Crippen molar-refractivity contribution in [3.63, 3.8) is 0 Å². The van der Waals surface area contributed by atoms with Gasteiger partial charge in [0.1, 0.15) is 5.58 Å². The summed E-state index contributed by atoms with van der Waals surface area (Å²) in [7, 11) is 0. The Labute approximate surface area is 121 Å². The number of rotatable bonds is 2. The van der Waals surface area contributed by atoms with Gasteiger partial charge in [0.15, 0.2) is 5.76 Å². The molecule has 5 rings (SSSR count). The van der Waals surface area contributed by atoms with Gasteiger partial charge in [-0.3, -0.25) is 14.6 Å². The number of carbonyl (C=O) groups is 1. The second kappa shape index (κ2) is 4.58. The molecular weight excluding hydrogens is 276 g/mol. The fourth-order valence-corrected chi connectivity index (χ4v) is 3.35. The number of furan rings is 1. The molecule has 20 heavy (non-hydrogen) atoms. The fraction of sp³-hybridized carbons (Fsp3) is 0.400. The van der Waals surface area contributed by atoms with Crippen LogP contribution in [-0.2, 0) is 0 Å². The van der Waals surface area contributed by atoms with Gasteiger partial charge in [-0.1, -0.05) is 11.6 Å². The van der Waals surface area contributed by atoms with Gasteiger partial charge in [-0.2, -0.15) is 0 Å². The summed E-state index contributed by atoms with van der Waals surface area (Å²) in [6.07, 6.45) is 0. The number of ketones is 1. The van der Waals surface area contributed by atoms with E-state index in [1.54, 1.807) is 6.07 Å². The first-order chi connectivity index (χ1) is 9.70. The third kappa shape index (κ3) is 1.95. The summed E-state index contributed by atoms with van der Waals surface area (Å²) in [5.41, 5.74) is 0.717. The molecule has 3 aliphatic rings. The zero-order valence-corrected chi connectivity index (χ0v) is 11.8. The van der Waals surface area contributed by atoms with Crippen molar-refractivity contribution < 1.29 is 9.21 Å². The molecule has 1 unspecified atom stereocenters. The maximum absolute atomic E-state index is 12.6. The van der Waals surface area contributed by atoms with E-state index in [2.05, 4.69) is 9.80 Å². The van der Waals surface area contributed by atoms with Crippen molar-refractivity contribution in [3.05, 3.63) is 35.0 Å². The van der Waals surface area contributed by atoms with E-state index in [0.29, 0.717) is 16.4 Å². The Kier molecular flexibility index (Phi) is 2.84. The van der Waals surface area contributed by atoms with Crippen LogP contribution < -0.4 is 0 Å². The van der Waals surface area contributed by atoms with E-state index in [0.717, 1.165) is 38.1 Å². The number of nitrogens with zero attached hydrogens (tertiary/aromatic N) is 2. The van der Waals surface area contributed by atoms with E-state index in [-0.39, 0.29) is 11.8 Å². The van der Waals surface area contributed by atoms with Crippen molar-refractivity contribution in [2.75, 3.05) is 32.7 Å². The van der Waals surface area contributed by atoms with Crippen LogP contribution in [0.25, 0.3) is 11.0 Å². The molecule has 2 bridgehead atoms. The molecule has 0 aliphatic carbocycles. The Morgan fingerprint density at radius 2 is 2.00 bits per heavy atom. The van der Waals surface area contributed by atoms with Crippen molar-refractivity contribution in [1.82, 2.24) is 9.80 Å². The van der Waals surface area contributed by atoms with Crippen molar-refractivity contribution in [2.45, 2.75) is 6.04 Å². The first-order valence-electron chi connectivity index (χ1n) is 6.90. The minimum absolute atomic E-state index is 0.0615. The average Bonchev–Trinajstić information content (AvgIpc) is 2.90. The van der Waals surface area contributed by atoms with Crippen LogP contribution in [0, 0.1) is 0 Å². The molecule has 4 heterocycles.